The second kappa shape index (κ2) is 5.92. The van der Waals surface area contributed by atoms with E-state index in [1.165, 1.54) is 33.9 Å². The predicted octanol–water partition coefficient (Wildman–Crippen LogP) is 2.94. The Balaban J connectivity index is 2.22. The summed E-state index contributed by atoms with van der Waals surface area (Å²) in [4.78, 5) is 30.8. The first kappa shape index (κ1) is 16.5. The molecule has 1 aromatic carbocycles. The van der Waals surface area contributed by atoms with Gasteiger partial charge in [0, 0.05) is 29.9 Å². The molecule has 124 valence electrons. The third kappa shape index (κ3) is 2.55. The third-order valence-corrected chi connectivity index (χ3v) is 5.01. The van der Waals surface area contributed by atoms with Gasteiger partial charge in [0.1, 0.15) is 11.3 Å². The monoisotopic (exact) mass is 363 g/mol. The van der Waals surface area contributed by atoms with E-state index in [0.29, 0.717) is 21.1 Å². The molecule has 3 rings (SSSR count). The van der Waals surface area contributed by atoms with E-state index in [-0.39, 0.29) is 11.3 Å². The van der Waals surface area contributed by atoms with Crippen molar-refractivity contribution in [3.8, 4) is 5.75 Å². The SMILES string of the molecule is Cc1csc(N(C)C(=O)c2c(O)c3cc(Cl)ccc3n(C)c2=O)n1. The number of nitrogens with zero attached hydrogens (tertiary/aromatic N) is 3. The Morgan fingerprint density at radius 1 is 1.42 bits per heavy atom. The normalized spacial score (nSPS) is 11.0. The molecule has 6 nitrogen and oxygen atoms in total. The lowest BCUT2D eigenvalue weighted by atomic mass is 10.1. The van der Waals surface area contributed by atoms with E-state index in [4.69, 9.17) is 11.6 Å². The Kier molecular flexibility index (Phi) is 4.06. The number of carbonyl (C=O) groups excluding carboxylic acids is 1. The second-order valence-electron chi connectivity index (χ2n) is 5.38. The van der Waals surface area contributed by atoms with Crippen molar-refractivity contribution < 1.29 is 9.90 Å². The number of aromatic nitrogens is 2. The van der Waals surface area contributed by atoms with Gasteiger partial charge in [0.15, 0.2) is 5.13 Å². The minimum atomic E-state index is -0.621. The van der Waals surface area contributed by atoms with Crippen LogP contribution in [0.2, 0.25) is 5.02 Å². The maximum absolute atomic E-state index is 12.8. The maximum atomic E-state index is 12.8. The lowest BCUT2D eigenvalue weighted by molar-refractivity contribution is 0.0988. The molecule has 0 aliphatic rings. The number of amides is 1. The van der Waals surface area contributed by atoms with Gasteiger partial charge in [-0.05, 0) is 25.1 Å². The molecule has 0 atom stereocenters. The number of rotatable bonds is 2. The van der Waals surface area contributed by atoms with E-state index < -0.39 is 11.5 Å². The fourth-order valence-electron chi connectivity index (χ4n) is 2.45. The molecule has 2 heterocycles. The summed E-state index contributed by atoms with van der Waals surface area (Å²) in [6.45, 7) is 1.81. The van der Waals surface area contributed by atoms with E-state index >= 15 is 0 Å². The van der Waals surface area contributed by atoms with Gasteiger partial charge < -0.3 is 9.67 Å². The maximum Gasteiger partial charge on any atom is 0.269 e. The molecular weight excluding hydrogens is 350 g/mol. The molecule has 1 amide bonds. The van der Waals surface area contributed by atoms with Crippen molar-refractivity contribution in [2.24, 2.45) is 7.05 Å². The summed E-state index contributed by atoms with van der Waals surface area (Å²) in [5, 5.41) is 13.5. The Morgan fingerprint density at radius 3 is 2.75 bits per heavy atom. The molecule has 0 aliphatic carbocycles. The van der Waals surface area contributed by atoms with E-state index in [9.17, 15) is 14.7 Å². The van der Waals surface area contributed by atoms with E-state index in [2.05, 4.69) is 4.98 Å². The predicted molar refractivity (Wildman–Crippen MR) is 95.4 cm³/mol. The molecule has 0 radical (unpaired) electrons. The Morgan fingerprint density at radius 2 is 2.12 bits per heavy atom. The lowest BCUT2D eigenvalue weighted by Gasteiger charge is -2.16. The smallest absolute Gasteiger partial charge is 0.269 e. The van der Waals surface area contributed by atoms with Crippen LogP contribution in [0.5, 0.6) is 5.75 Å². The van der Waals surface area contributed by atoms with Crippen LogP contribution < -0.4 is 10.5 Å². The zero-order valence-electron chi connectivity index (χ0n) is 13.2. The number of thiazole rings is 1. The summed E-state index contributed by atoms with van der Waals surface area (Å²) < 4.78 is 1.32. The topological polar surface area (TPSA) is 75.4 Å². The zero-order chi connectivity index (χ0) is 17.6. The lowest BCUT2D eigenvalue weighted by Crippen LogP contribution is -2.34. The number of fused-ring (bicyclic) bond motifs is 1. The summed E-state index contributed by atoms with van der Waals surface area (Å²) in [5.41, 5.74) is 0.387. The van der Waals surface area contributed by atoms with Gasteiger partial charge in [-0.25, -0.2) is 4.98 Å². The van der Waals surface area contributed by atoms with Gasteiger partial charge in [-0.15, -0.1) is 11.3 Å². The van der Waals surface area contributed by atoms with Crippen LogP contribution in [0.4, 0.5) is 5.13 Å². The van der Waals surface area contributed by atoms with Crippen LogP contribution in [0, 0.1) is 6.92 Å². The van der Waals surface area contributed by atoms with Gasteiger partial charge in [0.05, 0.1) is 11.2 Å². The molecule has 0 fully saturated rings. The standard InChI is InChI=1S/C16H14ClN3O3S/c1-8-7-24-16(18-8)20(3)15(23)12-13(21)10-6-9(17)4-5-11(10)19(2)14(12)22/h4-7,21H,1-3H3. The highest BCUT2D eigenvalue weighted by Gasteiger charge is 2.25. The van der Waals surface area contributed by atoms with E-state index in [1.54, 1.807) is 24.6 Å². The fourth-order valence-corrected chi connectivity index (χ4v) is 3.38. The fraction of sp³-hybridized carbons (Fsp3) is 0.188. The number of pyridine rings is 1. The largest absolute Gasteiger partial charge is 0.506 e. The number of anilines is 1. The molecule has 0 aliphatic heterocycles. The Hall–Kier alpha value is -2.38. The number of aryl methyl sites for hydroxylation is 2. The van der Waals surface area contributed by atoms with Crippen molar-refractivity contribution in [2.45, 2.75) is 6.92 Å². The average Bonchev–Trinajstić information content (AvgIpc) is 2.98. The minimum absolute atomic E-state index is 0.303. The molecule has 3 aromatic rings. The van der Waals surface area contributed by atoms with Crippen LogP contribution in [0.25, 0.3) is 10.9 Å². The summed E-state index contributed by atoms with van der Waals surface area (Å²) in [7, 11) is 3.06. The summed E-state index contributed by atoms with van der Waals surface area (Å²) in [5.74, 6) is -0.995. The highest BCUT2D eigenvalue weighted by atomic mass is 35.5. The zero-order valence-corrected chi connectivity index (χ0v) is 14.8. The van der Waals surface area contributed by atoms with Gasteiger partial charge in [0.25, 0.3) is 11.5 Å². The Bertz CT molecular complexity index is 1030. The first-order chi connectivity index (χ1) is 11.3. The van der Waals surface area contributed by atoms with Crippen LogP contribution >= 0.6 is 22.9 Å². The average molecular weight is 364 g/mol. The first-order valence-electron chi connectivity index (χ1n) is 7.02. The minimum Gasteiger partial charge on any atom is -0.506 e. The Labute approximate surface area is 146 Å². The molecule has 24 heavy (non-hydrogen) atoms. The number of benzene rings is 1. The summed E-state index contributed by atoms with van der Waals surface area (Å²) in [6, 6.07) is 4.77. The van der Waals surface area contributed by atoms with Gasteiger partial charge in [-0.3, -0.25) is 14.5 Å². The summed E-state index contributed by atoms with van der Waals surface area (Å²) in [6.07, 6.45) is 0. The van der Waals surface area contributed by atoms with E-state index in [1.807, 2.05) is 6.92 Å². The van der Waals surface area contributed by atoms with Crippen LogP contribution in [0.3, 0.4) is 0 Å². The second-order valence-corrected chi connectivity index (χ2v) is 6.66. The molecule has 8 heteroatoms. The van der Waals surface area contributed by atoms with Crippen molar-refractivity contribution >= 4 is 44.9 Å². The van der Waals surface area contributed by atoms with Crippen LogP contribution in [-0.2, 0) is 7.05 Å². The van der Waals surface area contributed by atoms with Gasteiger partial charge in [-0.1, -0.05) is 11.6 Å². The van der Waals surface area contributed by atoms with Crippen molar-refractivity contribution in [1.82, 2.24) is 9.55 Å². The molecule has 0 spiro atoms. The first-order valence-corrected chi connectivity index (χ1v) is 8.28. The molecule has 0 saturated heterocycles. The van der Waals surface area contributed by atoms with Gasteiger partial charge in [0.2, 0.25) is 0 Å². The van der Waals surface area contributed by atoms with Crippen LogP contribution in [0.15, 0.2) is 28.4 Å². The number of carbonyl (C=O) groups is 1. The molecular formula is C16H14ClN3O3S. The molecule has 2 aromatic heterocycles. The van der Waals surface area contributed by atoms with Crippen LogP contribution in [0.1, 0.15) is 16.1 Å². The van der Waals surface area contributed by atoms with Crippen molar-refractivity contribution in [3.05, 3.63) is 50.2 Å². The van der Waals surface area contributed by atoms with Crippen molar-refractivity contribution in [3.63, 3.8) is 0 Å². The number of aromatic hydroxyl groups is 1. The third-order valence-electron chi connectivity index (χ3n) is 3.74. The molecule has 0 saturated carbocycles. The van der Waals surface area contributed by atoms with Gasteiger partial charge >= 0.3 is 0 Å². The summed E-state index contributed by atoms with van der Waals surface area (Å²) >= 11 is 7.26. The number of halogens is 1. The van der Waals surface area contributed by atoms with Crippen molar-refractivity contribution in [2.75, 3.05) is 11.9 Å². The van der Waals surface area contributed by atoms with E-state index in [0.717, 1.165) is 5.69 Å². The van der Waals surface area contributed by atoms with Gasteiger partial charge in [-0.2, -0.15) is 0 Å². The molecule has 1 N–H and O–H groups in total. The number of hydrogen-bond donors (Lipinski definition) is 1. The van der Waals surface area contributed by atoms with Crippen molar-refractivity contribution in [1.29, 1.82) is 0 Å². The number of hydrogen-bond acceptors (Lipinski definition) is 5. The molecule has 0 bridgehead atoms. The highest BCUT2D eigenvalue weighted by molar-refractivity contribution is 7.14. The highest BCUT2D eigenvalue weighted by Crippen LogP contribution is 2.30. The molecule has 0 unspecified atom stereocenters. The quantitative estimate of drug-likeness (QED) is 0.759. The van der Waals surface area contributed by atoms with Crippen LogP contribution in [-0.4, -0.2) is 27.6 Å².